The van der Waals surface area contributed by atoms with Gasteiger partial charge in [-0.25, -0.2) is 0 Å². The molecule has 1 N–H and O–H groups in total. The van der Waals surface area contributed by atoms with E-state index in [1.54, 1.807) is 36.4 Å². The van der Waals surface area contributed by atoms with Gasteiger partial charge in [0, 0.05) is 10.0 Å². The van der Waals surface area contributed by atoms with Crippen molar-refractivity contribution < 1.29 is 23.8 Å². The van der Waals surface area contributed by atoms with E-state index in [2.05, 4.69) is 15.9 Å². The molecule has 1 aliphatic heterocycles. The van der Waals surface area contributed by atoms with Gasteiger partial charge in [-0.05, 0) is 48.4 Å². The maximum absolute atomic E-state index is 13.1. The first-order valence-corrected chi connectivity index (χ1v) is 11.1. The molecular formula is C25H22BrNO5. The molecule has 1 atom stereocenters. The number of halogens is 1. The number of likely N-dealkylation sites (tertiary alicyclic amines) is 1. The summed E-state index contributed by atoms with van der Waals surface area (Å²) >= 11 is 3.45. The van der Waals surface area contributed by atoms with E-state index in [0.29, 0.717) is 29.2 Å². The number of Topliss-reactive ketones (excluding diaryl/α,β-unsaturated/α-hetero) is 1. The molecule has 0 aliphatic carbocycles. The third-order valence-corrected chi connectivity index (χ3v) is 5.68. The number of amides is 1. The van der Waals surface area contributed by atoms with Crippen molar-refractivity contribution in [1.82, 2.24) is 4.90 Å². The normalized spacial score (nSPS) is 17.7. The summed E-state index contributed by atoms with van der Waals surface area (Å²) in [6, 6.07) is 16.9. The average molecular weight is 496 g/mol. The highest BCUT2D eigenvalue weighted by molar-refractivity contribution is 9.10. The first-order valence-electron chi connectivity index (χ1n) is 10.3. The smallest absolute Gasteiger partial charge is 0.296 e. The van der Waals surface area contributed by atoms with E-state index in [-0.39, 0.29) is 17.9 Å². The number of rotatable bonds is 7. The van der Waals surface area contributed by atoms with Crippen LogP contribution in [-0.4, -0.2) is 28.3 Å². The lowest BCUT2D eigenvalue weighted by Gasteiger charge is -2.24. The standard InChI is InChI=1S/C25H22BrNO5/c1-2-11-31-19-9-4-7-17(14-19)23(28)21-22(16-6-3-8-18(26)13-16)27(25(30)24(21)29)15-20-10-5-12-32-20/h3-10,12-14,22,28H,2,11,15H2,1H3. The predicted octanol–water partition coefficient (Wildman–Crippen LogP) is 5.45. The lowest BCUT2D eigenvalue weighted by Crippen LogP contribution is -2.29. The molecule has 1 aromatic heterocycles. The van der Waals surface area contributed by atoms with Crippen molar-refractivity contribution in [2.75, 3.05) is 6.61 Å². The zero-order chi connectivity index (χ0) is 22.7. The van der Waals surface area contributed by atoms with Crippen LogP contribution < -0.4 is 4.74 Å². The van der Waals surface area contributed by atoms with E-state index >= 15 is 0 Å². The number of benzene rings is 2. The average Bonchev–Trinajstić information content (AvgIpc) is 3.40. The van der Waals surface area contributed by atoms with E-state index in [1.165, 1.54) is 11.2 Å². The van der Waals surface area contributed by atoms with Gasteiger partial charge in [-0.2, -0.15) is 0 Å². The van der Waals surface area contributed by atoms with Gasteiger partial charge in [-0.15, -0.1) is 0 Å². The second kappa shape index (κ2) is 9.44. The van der Waals surface area contributed by atoms with Gasteiger partial charge in [0.2, 0.25) is 0 Å². The first-order chi connectivity index (χ1) is 15.5. The summed E-state index contributed by atoms with van der Waals surface area (Å²) in [4.78, 5) is 27.5. The molecule has 1 fully saturated rings. The Kier molecular flexibility index (Phi) is 6.46. The number of hydrogen-bond acceptors (Lipinski definition) is 5. The van der Waals surface area contributed by atoms with E-state index in [1.807, 2.05) is 31.2 Å². The quantitative estimate of drug-likeness (QED) is 0.267. The Bertz CT molecular complexity index is 1170. The molecule has 1 amide bonds. The number of carbonyl (C=O) groups is 2. The maximum Gasteiger partial charge on any atom is 0.296 e. The molecule has 3 aromatic rings. The Hall–Kier alpha value is -3.32. The maximum atomic E-state index is 13.1. The van der Waals surface area contributed by atoms with Crippen LogP contribution in [0, 0.1) is 0 Å². The third kappa shape index (κ3) is 4.34. The number of furan rings is 1. The molecule has 32 heavy (non-hydrogen) atoms. The fourth-order valence-corrected chi connectivity index (χ4v) is 4.16. The van der Waals surface area contributed by atoms with Crippen LogP contribution in [0.15, 0.2) is 81.4 Å². The van der Waals surface area contributed by atoms with Crippen molar-refractivity contribution in [3.63, 3.8) is 0 Å². The van der Waals surface area contributed by atoms with Gasteiger partial charge in [0.05, 0.1) is 31.0 Å². The van der Waals surface area contributed by atoms with Gasteiger partial charge >= 0.3 is 0 Å². The highest BCUT2D eigenvalue weighted by atomic mass is 79.9. The molecule has 2 aromatic carbocycles. The minimum atomic E-state index is -0.766. The Morgan fingerprint density at radius 3 is 2.66 bits per heavy atom. The van der Waals surface area contributed by atoms with Crippen LogP contribution in [0.25, 0.3) is 5.76 Å². The molecule has 0 radical (unpaired) electrons. The molecule has 7 heteroatoms. The summed E-state index contributed by atoms with van der Waals surface area (Å²) in [6.07, 6.45) is 2.36. The summed E-state index contributed by atoms with van der Waals surface area (Å²) < 4.78 is 11.9. The summed E-state index contributed by atoms with van der Waals surface area (Å²) in [5, 5.41) is 11.2. The summed E-state index contributed by atoms with van der Waals surface area (Å²) in [5.74, 6) is -0.538. The van der Waals surface area contributed by atoms with E-state index in [0.717, 1.165) is 10.9 Å². The minimum Gasteiger partial charge on any atom is -0.507 e. The number of ketones is 1. The number of aliphatic hydroxyl groups is 1. The van der Waals surface area contributed by atoms with E-state index in [9.17, 15) is 14.7 Å². The number of aliphatic hydroxyl groups excluding tert-OH is 1. The monoisotopic (exact) mass is 495 g/mol. The number of hydrogen-bond donors (Lipinski definition) is 1. The van der Waals surface area contributed by atoms with Gasteiger partial charge in [0.1, 0.15) is 17.3 Å². The van der Waals surface area contributed by atoms with Crippen molar-refractivity contribution in [3.8, 4) is 5.75 Å². The molecule has 1 aliphatic rings. The number of carbonyl (C=O) groups excluding carboxylic acids is 2. The Balaban J connectivity index is 1.82. The van der Waals surface area contributed by atoms with Crippen molar-refractivity contribution in [2.24, 2.45) is 0 Å². The molecule has 164 valence electrons. The summed E-state index contributed by atoms with van der Waals surface area (Å²) in [7, 11) is 0. The molecule has 1 saturated heterocycles. The van der Waals surface area contributed by atoms with Crippen molar-refractivity contribution in [2.45, 2.75) is 25.9 Å². The highest BCUT2D eigenvalue weighted by Gasteiger charge is 2.46. The fraction of sp³-hybridized carbons (Fsp3) is 0.200. The molecular weight excluding hydrogens is 474 g/mol. The van der Waals surface area contributed by atoms with Crippen LogP contribution in [0.3, 0.4) is 0 Å². The molecule has 6 nitrogen and oxygen atoms in total. The zero-order valence-electron chi connectivity index (χ0n) is 17.5. The lowest BCUT2D eigenvalue weighted by molar-refractivity contribution is -0.140. The minimum absolute atomic E-state index is 0.0345. The highest BCUT2D eigenvalue weighted by Crippen LogP contribution is 2.41. The van der Waals surface area contributed by atoms with Gasteiger partial charge in [0.15, 0.2) is 0 Å². The topological polar surface area (TPSA) is 80.0 Å². The largest absolute Gasteiger partial charge is 0.507 e. The number of nitrogens with zero attached hydrogens (tertiary/aromatic N) is 1. The van der Waals surface area contributed by atoms with E-state index < -0.39 is 17.7 Å². The molecule has 0 bridgehead atoms. The lowest BCUT2D eigenvalue weighted by atomic mass is 9.95. The van der Waals surface area contributed by atoms with Crippen LogP contribution in [0.1, 0.15) is 36.3 Å². The van der Waals surface area contributed by atoms with Crippen LogP contribution in [-0.2, 0) is 16.1 Å². The van der Waals surface area contributed by atoms with Crippen LogP contribution in [0.4, 0.5) is 0 Å². The number of ether oxygens (including phenoxy) is 1. The van der Waals surface area contributed by atoms with Gasteiger partial charge in [-0.3, -0.25) is 9.59 Å². The Morgan fingerprint density at radius 1 is 1.12 bits per heavy atom. The van der Waals surface area contributed by atoms with Gasteiger partial charge in [0.25, 0.3) is 11.7 Å². The first kappa shape index (κ1) is 21.9. The van der Waals surface area contributed by atoms with Gasteiger partial charge in [-0.1, -0.05) is 47.1 Å². The van der Waals surface area contributed by atoms with Gasteiger partial charge < -0.3 is 19.2 Å². The second-order valence-corrected chi connectivity index (χ2v) is 8.35. The Morgan fingerprint density at radius 2 is 1.94 bits per heavy atom. The second-order valence-electron chi connectivity index (χ2n) is 7.44. The van der Waals surface area contributed by atoms with Crippen molar-refractivity contribution >= 4 is 33.4 Å². The molecule has 4 rings (SSSR count). The van der Waals surface area contributed by atoms with Crippen molar-refractivity contribution in [1.29, 1.82) is 0 Å². The fourth-order valence-electron chi connectivity index (χ4n) is 3.75. The van der Waals surface area contributed by atoms with Crippen LogP contribution in [0.2, 0.25) is 0 Å². The zero-order valence-corrected chi connectivity index (χ0v) is 19.0. The Labute approximate surface area is 194 Å². The summed E-state index contributed by atoms with van der Waals surface area (Å²) in [5.41, 5.74) is 1.15. The summed E-state index contributed by atoms with van der Waals surface area (Å²) in [6.45, 7) is 2.64. The van der Waals surface area contributed by atoms with Crippen molar-refractivity contribution in [3.05, 3.63) is 93.9 Å². The predicted molar refractivity (Wildman–Crippen MR) is 123 cm³/mol. The SMILES string of the molecule is CCCOc1cccc(C(O)=C2C(=O)C(=O)N(Cc3ccco3)C2c2cccc(Br)c2)c1. The molecule has 0 saturated carbocycles. The molecule has 1 unspecified atom stereocenters. The molecule has 0 spiro atoms. The van der Waals surface area contributed by atoms with Crippen LogP contribution >= 0.6 is 15.9 Å². The van der Waals surface area contributed by atoms with E-state index in [4.69, 9.17) is 9.15 Å². The third-order valence-electron chi connectivity index (χ3n) is 5.19. The molecule has 2 heterocycles. The van der Waals surface area contributed by atoms with Crippen LogP contribution in [0.5, 0.6) is 5.75 Å².